The van der Waals surface area contributed by atoms with Crippen molar-refractivity contribution in [2.75, 3.05) is 30.2 Å². The zero-order valence-electron chi connectivity index (χ0n) is 25.6. The minimum Gasteiger partial charge on any atom is -0.492 e. The first-order chi connectivity index (χ1) is 22.0. The van der Waals surface area contributed by atoms with Gasteiger partial charge >= 0.3 is 18.1 Å². The third kappa shape index (κ3) is 7.00. The predicted molar refractivity (Wildman–Crippen MR) is 177 cm³/mol. The Hall–Kier alpha value is -5.69. The third-order valence-corrected chi connectivity index (χ3v) is 7.73. The highest BCUT2D eigenvalue weighted by atomic mass is 32.1. The molecule has 0 aliphatic heterocycles. The molecule has 4 N–H and O–H groups in total. The first-order valence-electron chi connectivity index (χ1n) is 14.0. The molecule has 0 atom stereocenters. The van der Waals surface area contributed by atoms with E-state index < -0.39 is 18.1 Å². The molecule has 13 heteroatoms. The van der Waals surface area contributed by atoms with E-state index in [-0.39, 0.29) is 16.9 Å². The summed E-state index contributed by atoms with van der Waals surface area (Å²) >= 11 is 1.18. The third-order valence-electron chi connectivity index (χ3n) is 6.86. The number of aromatic nitrogens is 2. The lowest BCUT2D eigenvalue weighted by Crippen LogP contribution is -2.22. The second kappa shape index (κ2) is 13.1. The number of nitrogens with one attached hydrogen (secondary N) is 3. The monoisotopic (exact) mass is 641 g/mol. The summed E-state index contributed by atoms with van der Waals surface area (Å²) in [6.45, 7) is 6.03. The number of carbonyl (C=O) groups excluding carboxylic acids is 2. The van der Waals surface area contributed by atoms with Gasteiger partial charge in [0, 0.05) is 28.4 Å². The number of carbonyl (C=O) groups is 3. The fourth-order valence-electron chi connectivity index (χ4n) is 4.58. The molecule has 2 aromatic heterocycles. The van der Waals surface area contributed by atoms with Gasteiger partial charge in [-0.3, -0.25) is 10.3 Å². The van der Waals surface area contributed by atoms with Crippen molar-refractivity contribution < 1.29 is 33.7 Å². The van der Waals surface area contributed by atoms with Gasteiger partial charge in [-0.15, -0.1) is 11.3 Å². The molecule has 0 radical (unpaired) electrons. The Balaban J connectivity index is 1.41. The number of fused-ring (bicyclic) bond motifs is 1. The Kier molecular flexibility index (Phi) is 9.05. The number of hydrogen-bond acceptors (Lipinski definition) is 9. The minimum absolute atomic E-state index is 0.0510. The highest BCUT2D eigenvalue weighted by Crippen LogP contribution is 2.40. The SMILES string of the molecule is COC(=O)Nc1cc(C(C)(C)C)cc(NC(=O)Nc2ccc(Oc3ccnc(-c4nc(C(=O)O)cs4)c3)c3ccccc23)c1OC. The maximum Gasteiger partial charge on any atom is 0.411 e. The van der Waals surface area contributed by atoms with E-state index in [1.807, 2.05) is 45.0 Å². The van der Waals surface area contributed by atoms with E-state index in [4.69, 9.17) is 14.2 Å². The van der Waals surface area contributed by atoms with E-state index in [0.29, 0.717) is 39.3 Å². The molecule has 0 saturated carbocycles. The molecule has 0 fully saturated rings. The Morgan fingerprint density at radius 1 is 0.870 bits per heavy atom. The van der Waals surface area contributed by atoms with Gasteiger partial charge in [-0.05, 0) is 41.3 Å². The largest absolute Gasteiger partial charge is 0.492 e. The summed E-state index contributed by atoms with van der Waals surface area (Å²) in [6, 6.07) is 17.3. The smallest absolute Gasteiger partial charge is 0.411 e. The summed E-state index contributed by atoms with van der Waals surface area (Å²) in [5.41, 5.74) is 2.19. The number of pyridine rings is 1. The van der Waals surface area contributed by atoms with Gasteiger partial charge in [-0.2, -0.15) is 0 Å². The summed E-state index contributed by atoms with van der Waals surface area (Å²) in [7, 11) is 2.71. The van der Waals surface area contributed by atoms with Gasteiger partial charge in [0.05, 0.1) is 31.3 Å². The van der Waals surface area contributed by atoms with E-state index in [0.717, 1.165) is 16.3 Å². The molecule has 0 unspecified atom stereocenters. The fraction of sp³-hybridized carbons (Fsp3) is 0.182. The van der Waals surface area contributed by atoms with Gasteiger partial charge in [-0.25, -0.2) is 19.4 Å². The minimum atomic E-state index is -1.11. The number of methoxy groups -OCH3 is 2. The number of anilines is 3. The molecule has 3 aromatic carbocycles. The van der Waals surface area contributed by atoms with E-state index in [9.17, 15) is 19.5 Å². The summed E-state index contributed by atoms with van der Waals surface area (Å²) < 4.78 is 16.6. The van der Waals surface area contributed by atoms with Crippen LogP contribution in [-0.2, 0) is 10.2 Å². The van der Waals surface area contributed by atoms with Gasteiger partial charge in [0.15, 0.2) is 11.4 Å². The Morgan fingerprint density at radius 3 is 2.22 bits per heavy atom. The van der Waals surface area contributed by atoms with Crippen molar-refractivity contribution in [3.63, 3.8) is 0 Å². The zero-order valence-corrected chi connectivity index (χ0v) is 26.4. The van der Waals surface area contributed by atoms with E-state index >= 15 is 0 Å². The number of nitrogens with zero attached hydrogens (tertiary/aromatic N) is 2. The van der Waals surface area contributed by atoms with Crippen LogP contribution in [0.3, 0.4) is 0 Å². The maximum absolute atomic E-state index is 13.4. The number of urea groups is 1. The Morgan fingerprint density at radius 2 is 1.57 bits per heavy atom. The van der Waals surface area contributed by atoms with Gasteiger partial charge in [-0.1, -0.05) is 45.0 Å². The summed E-state index contributed by atoms with van der Waals surface area (Å²) in [6.07, 6.45) is 0.885. The van der Waals surface area contributed by atoms with Crippen LogP contribution < -0.4 is 25.4 Å². The molecule has 46 heavy (non-hydrogen) atoms. The first-order valence-corrected chi connectivity index (χ1v) is 14.8. The Labute approximate surface area is 268 Å². The summed E-state index contributed by atoms with van der Waals surface area (Å²) in [5.74, 6) is 0.155. The highest BCUT2D eigenvalue weighted by molar-refractivity contribution is 7.13. The van der Waals surface area contributed by atoms with Crippen molar-refractivity contribution in [2.45, 2.75) is 26.2 Å². The fourth-order valence-corrected chi connectivity index (χ4v) is 5.34. The quantitative estimate of drug-likeness (QED) is 0.132. The van der Waals surface area contributed by atoms with Crippen LogP contribution in [-0.4, -0.2) is 47.4 Å². The maximum atomic E-state index is 13.4. The van der Waals surface area contributed by atoms with Crippen molar-refractivity contribution >= 4 is 57.3 Å². The number of ether oxygens (including phenoxy) is 3. The van der Waals surface area contributed by atoms with Crippen molar-refractivity contribution in [3.8, 4) is 28.0 Å². The molecule has 0 saturated heterocycles. The number of carboxylic acid groups (broad SMARTS) is 1. The number of aromatic carboxylic acids is 1. The molecule has 3 amide bonds. The van der Waals surface area contributed by atoms with Crippen LogP contribution >= 0.6 is 11.3 Å². The summed E-state index contributed by atoms with van der Waals surface area (Å²) in [5, 5.41) is 21.0. The molecule has 0 spiro atoms. The molecule has 12 nitrogen and oxygen atoms in total. The van der Waals surface area contributed by atoms with E-state index in [2.05, 4.69) is 25.9 Å². The number of thiazole rings is 1. The van der Waals surface area contributed by atoms with Crippen molar-refractivity contribution in [2.24, 2.45) is 0 Å². The van der Waals surface area contributed by atoms with Crippen molar-refractivity contribution in [1.82, 2.24) is 9.97 Å². The Bertz CT molecular complexity index is 1950. The lowest BCUT2D eigenvalue weighted by molar-refractivity contribution is 0.0691. The number of hydrogen-bond donors (Lipinski definition) is 4. The molecular formula is C33H31N5O7S. The molecule has 0 bridgehead atoms. The number of amides is 3. The van der Waals surface area contributed by atoms with E-state index in [1.54, 1.807) is 42.6 Å². The molecule has 0 aliphatic carbocycles. The predicted octanol–water partition coefficient (Wildman–Crippen LogP) is 7.98. The van der Waals surface area contributed by atoms with Crippen LogP contribution in [0, 0.1) is 0 Å². The van der Waals surface area contributed by atoms with Crippen LogP contribution in [0.5, 0.6) is 17.2 Å². The standard InChI is InChI=1S/C33H31N5O7S/c1-33(2,3)18-14-23(28(43-4)24(15-18)38-32(42)44-5)37-31(41)36-22-10-11-27(21-9-7-6-8-20(21)22)45-19-12-13-34-25(16-19)29-35-26(17-46-29)30(39)40/h6-17H,1-5H3,(H,38,42)(H,39,40)(H2,36,37,41). The van der Waals surface area contributed by atoms with Gasteiger partial charge < -0.3 is 30.0 Å². The lowest BCUT2D eigenvalue weighted by atomic mass is 9.86. The molecule has 5 aromatic rings. The molecular weight excluding hydrogens is 610 g/mol. The zero-order chi connectivity index (χ0) is 33.0. The van der Waals surface area contributed by atoms with Crippen LogP contribution in [0.2, 0.25) is 0 Å². The molecule has 0 aliphatic rings. The van der Waals surface area contributed by atoms with Gasteiger partial charge in [0.2, 0.25) is 0 Å². The normalized spacial score (nSPS) is 11.1. The first kappa shape index (κ1) is 31.7. The van der Waals surface area contributed by atoms with Crippen LogP contribution in [0.4, 0.5) is 26.7 Å². The van der Waals surface area contributed by atoms with Gasteiger partial charge in [0.1, 0.15) is 22.2 Å². The van der Waals surface area contributed by atoms with Crippen LogP contribution in [0.25, 0.3) is 21.5 Å². The van der Waals surface area contributed by atoms with Crippen molar-refractivity contribution in [1.29, 1.82) is 0 Å². The van der Waals surface area contributed by atoms with Gasteiger partial charge in [0.25, 0.3) is 0 Å². The average molecular weight is 642 g/mol. The molecule has 5 rings (SSSR count). The average Bonchev–Trinajstić information content (AvgIpc) is 3.53. The number of rotatable bonds is 8. The second-order valence-corrected chi connectivity index (χ2v) is 11.9. The molecule has 2 heterocycles. The van der Waals surface area contributed by atoms with Crippen LogP contribution in [0.1, 0.15) is 36.8 Å². The van der Waals surface area contributed by atoms with Crippen molar-refractivity contribution in [3.05, 3.63) is 83.5 Å². The summed E-state index contributed by atoms with van der Waals surface area (Å²) in [4.78, 5) is 45.1. The van der Waals surface area contributed by atoms with E-state index in [1.165, 1.54) is 30.9 Å². The van der Waals surface area contributed by atoms with Crippen LogP contribution in [0.15, 0.2) is 72.2 Å². The number of benzene rings is 3. The number of carboxylic acids is 1. The molecule has 236 valence electrons. The topological polar surface area (TPSA) is 161 Å². The second-order valence-electron chi connectivity index (χ2n) is 11.0. The lowest BCUT2D eigenvalue weighted by Gasteiger charge is -2.24. The highest BCUT2D eigenvalue weighted by Gasteiger charge is 2.22.